The third-order valence-electron chi connectivity index (χ3n) is 4.33. The Morgan fingerprint density at radius 2 is 2.16 bits per heavy atom. The van der Waals surface area contributed by atoms with Crippen molar-refractivity contribution in [3.8, 4) is 0 Å². The van der Waals surface area contributed by atoms with E-state index in [0.717, 1.165) is 12.2 Å². The summed E-state index contributed by atoms with van der Waals surface area (Å²) in [5.41, 5.74) is 0.503. The fourth-order valence-electron chi connectivity index (χ4n) is 2.96. The average Bonchev–Trinajstić information content (AvgIpc) is 3.24. The molecule has 1 atom stereocenters. The van der Waals surface area contributed by atoms with Gasteiger partial charge in [0.15, 0.2) is 0 Å². The van der Waals surface area contributed by atoms with Crippen LogP contribution < -0.4 is 5.32 Å². The van der Waals surface area contributed by atoms with Gasteiger partial charge in [-0.25, -0.2) is 4.98 Å². The number of nitrogens with zero attached hydrogens (tertiary/aromatic N) is 2. The molecule has 0 bridgehead atoms. The SMILES string of the molecule is C[C@@H](Sc1n[nH]c(CC2CCCC2)n1)C(=O)Nc1cccc(Cl)c1Cl. The van der Waals surface area contributed by atoms with Crippen molar-refractivity contribution in [3.63, 3.8) is 0 Å². The van der Waals surface area contributed by atoms with Gasteiger partial charge in [-0.3, -0.25) is 9.89 Å². The first-order valence-corrected chi connectivity index (χ1v) is 9.99. The summed E-state index contributed by atoms with van der Waals surface area (Å²) in [4.78, 5) is 16.9. The number of anilines is 1. The molecule has 0 spiro atoms. The number of hydrogen-bond acceptors (Lipinski definition) is 4. The van der Waals surface area contributed by atoms with Crippen LogP contribution in [0.4, 0.5) is 5.69 Å². The molecule has 0 unspecified atom stereocenters. The predicted octanol–water partition coefficient (Wildman–Crippen LogP) is 4.96. The third kappa shape index (κ3) is 4.90. The fraction of sp³-hybridized carbons (Fsp3) is 0.471. The van der Waals surface area contributed by atoms with E-state index in [9.17, 15) is 4.79 Å². The second kappa shape index (κ2) is 8.43. The smallest absolute Gasteiger partial charge is 0.237 e. The summed E-state index contributed by atoms with van der Waals surface area (Å²) in [7, 11) is 0. The highest BCUT2D eigenvalue weighted by Crippen LogP contribution is 2.31. The van der Waals surface area contributed by atoms with Crippen molar-refractivity contribution in [2.75, 3.05) is 5.32 Å². The first kappa shape index (κ1) is 18.5. The Bertz CT molecular complexity index is 746. The average molecular weight is 399 g/mol. The molecule has 25 heavy (non-hydrogen) atoms. The van der Waals surface area contributed by atoms with E-state index in [2.05, 4.69) is 20.5 Å². The second-order valence-corrected chi connectivity index (χ2v) is 8.36. The zero-order chi connectivity index (χ0) is 17.8. The molecule has 0 saturated heterocycles. The van der Waals surface area contributed by atoms with E-state index in [1.807, 2.05) is 6.92 Å². The normalized spacial score (nSPS) is 16.1. The van der Waals surface area contributed by atoms with E-state index in [-0.39, 0.29) is 11.2 Å². The third-order valence-corrected chi connectivity index (χ3v) is 6.11. The first-order chi connectivity index (χ1) is 12.0. The lowest BCUT2D eigenvalue weighted by Gasteiger charge is -2.11. The summed E-state index contributed by atoms with van der Waals surface area (Å²) in [6.45, 7) is 1.81. The maximum atomic E-state index is 12.4. The molecule has 2 N–H and O–H groups in total. The second-order valence-electron chi connectivity index (χ2n) is 6.27. The van der Waals surface area contributed by atoms with Crippen LogP contribution in [-0.4, -0.2) is 26.3 Å². The molecule has 1 saturated carbocycles. The number of nitrogens with one attached hydrogen (secondary N) is 2. The van der Waals surface area contributed by atoms with Crippen LogP contribution in [0.25, 0.3) is 0 Å². The maximum Gasteiger partial charge on any atom is 0.237 e. The summed E-state index contributed by atoms with van der Waals surface area (Å²) >= 11 is 13.4. The summed E-state index contributed by atoms with van der Waals surface area (Å²) in [6, 6.07) is 5.14. The molecule has 1 amide bonds. The number of halogens is 2. The van der Waals surface area contributed by atoms with E-state index in [1.165, 1.54) is 37.4 Å². The van der Waals surface area contributed by atoms with E-state index in [0.29, 0.717) is 26.8 Å². The molecule has 1 aliphatic rings. The van der Waals surface area contributed by atoms with Crippen molar-refractivity contribution in [2.45, 2.75) is 49.4 Å². The van der Waals surface area contributed by atoms with Gasteiger partial charge in [-0.2, -0.15) is 0 Å². The molecule has 1 aromatic carbocycles. The van der Waals surface area contributed by atoms with Crippen molar-refractivity contribution in [1.29, 1.82) is 0 Å². The number of aromatic nitrogens is 3. The van der Waals surface area contributed by atoms with Crippen LogP contribution in [0.3, 0.4) is 0 Å². The Labute approximate surface area is 161 Å². The lowest BCUT2D eigenvalue weighted by Crippen LogP contribution is -2.22. The molecule has 1 aliphatic carbocycles. The zero-order valence-corrected chi connectivity index (χ0v) is 16.2. The number of hydrogen-bond donors (Lipinski definition) is 2. The Balaban J connectivity index is 1.56. The molecule has 3 rings (SSSR count). The molecule has 1 heterocycles. The molecule has 2 aromatic rings. The van der Waals surface area contributed by atoms with Gasteiger partial charge in [0.05, 0.1) is 21.0 Å². The number of carbonyl (C=O) groups excluding carboxylic acids is 1. The van der Waals surface area contributed by atoms with Gasteiger partial charge in [-0.05, 0) is 25.0 Å². The predicted molar refractivity (Wildman–Crippen MR) is 102 cm³/mol. The number of H-pyrrole nitrogens is 1. The van der Waals surface area contributed by atoms with Crippen molar-refractivity contribution in [2.24, 2.45) is 5.92 Å². The number of aromatic amines is 1. The minimum absolute atomic E-state index is 0.170. The van der Waals surface area contributed by atoms with Gasteiger partial charge in [0, 0.05) is 6.42 Å². The van der Waals surface area contributed by atoms with Crippen molar-refractivity contribution in [3.05, 3.63) is 34.1 Å². The van der Waals surface area contributed by atoms with E-state index in [4.69, 9.17) is 23.2 Å². The standard InChI is InChI=1S/C17H20Cl2N4OS/c1-10(16(24)20-13-8-4-7-12(18)15(13)19)25-17-21-14(22-23-17)9-11-5-2-3-6-11/h4,7-8,10-11H,2-3,5-6,9H2,1H3,(H,20,24)(H,21,22,23)/t10-/m1/s1. The summed E-state index contributed by atoms with van der Waals surface area (Å²) < 4.78 is 0. The lowest BCUT2D eigenvalue weighted by atomic mass is 10.0. The number of thioether (sulfide) groups is 1. The molecular formula is C17H20Cl2N4OS. The van der Waals surface area contributed by atoms with Crippen LogP contribution in [0.5, 0.6) is 0 Å². The quantitative estimate of drug-likeness (QED) is 0.674. The Morgan fingerprint density at radius 3 is 2.92 bits per heavy atom. The molecule has 0 aliphatic heterocycles. The van der Waals surface area contributed by atoms with Gasteiger partial charge in [0.25, 0.3) is 0 Å². The Morgan fingerprint density at radius 1 is 1.40 bits per heavy atom. The van der Waals surface area contributed by atoms with Crippen LogP contribution in [0.15, 0.2) is 23.4 Å². The van der Waals surface area contributed by atoms with Gasteiger partial charge < -0.3 is 5.32 Å². The Hall–Kier alpha value is -1.24. The van der Waals surface area contributed by atoms with E-state index < -0.39 is 0 Å². The highest BCUT2D eigenvalue weighted by molar-refractivity contribution is 8.00. The summed E-state index contributed by atoms with van der Waals surface area (Å²) in [6.07, 6.45) is 6.09. The van der Waals surface area contributed by atoms with Gasteiger partial charge >= 0.3 is 0 Å². The number of rotatable bonds is 6. The van der Waals surface area contributed by atoms with Gasteiger partial charge in [0.1, 0.15) is 5.82 Å². The van der Waals surface area contributed by atoms with E-state index >= 15 is 0 Å². The minimum atomic E-state index is -0.356. The van der Waals surface area contributed by atoms with Crippen LogP contribution in [0.2, 0.25) is 10.0 Å². The van der Waals surface area contributed by atoms with Gasteiger partial charge in [-0.15, -0.1) is 5.10 Å². The summed E-state index contributed by atoms with van der Waals surface area (Å²) in [5.74, 6) is 1.44. The highest BCUT2D eigenvalue weighted by atomic mass is 35.5. The monoisotopic (exact) mass is 398 g/mol. The fourth-order valence-corrected chi connectivity index (χ4v) is 4.05. The molecule has 0 radical (unpaired) electrons. The largest absolute Gasteiger partial charge is 0.324 e. The minimum Gasteiger partial charge on any atom is -0.324 e. The van der Waals surface area contributed by atoms with Gasteiger partial charge in [0.2, 0.25) is 11.1 Å². The van der Waals surface area contributed by atoms with Crippen molar-refractivity contribution < 1.29 is 4.79 Å². The Kier molecular flexibility index (Phi) is 6.25. The lowest BCUT2D eigenvalue weighted by molar-refractivity contribution is -0.115. The van der Waals surface area contributed by atoms with Crippen molar-refractivity contribution >= 4 is 46.6 Å². The maximum absolute atomic E-state index is 12.4. The van der Waals surface area contributed by atoms with Crippen LogP contribution in [0, 0.1) is 5.92 Å². The molecule has 134 valence electrons. The van der Waals surface area contributed by atoms with Crippen LogP contribution in [-0.2, 0) is 11.2 Å². The number of carbonyl (C=O) groups is 1. The summed E-state index contributed by atoms with van der Waals surface area (Å²) in [5, 5.41) is 11.0. The van der Waals surface area contributed by atoms with Crippen molar-refractivity contribution in [1.82, 2.24) is 15.2 Å². The van der Waals surface area contributed by atoms with Gasteiger partial charge in [-0.1, -0.05) is 66.7 Å². The highest BCUT2D eigenvalue weighted by Gasteiger charge is 2.20. The molecule has 5 nitrogen and oxygen atoms in total. The van der Waals surface area contributed by atoms with Crippen LogP contribution >= 0.6 is 35.0 Å². The molecule has 8 heteroatoms. The topological polar surface area (TPSA) is 70.7 Å². The molecule has 1 fully saturated rings. The molecule has 1 aromatic heterocycles. The zero-order valence-electron chi connectivity index (χ0n) is 13.9. The van der Waals surface area contributed by atoms with E-state index in [1.54, 1.807) is 18.2 Å². The number of amides is 1. The first-order valence-electron chi connectivity index (χ1n) is 8.35. The number of benzene rings is 1. The van der Waals surface area contributed by atoms with Crippen LogP contribution in [0.1, 0.15) is 38.4 Å². The molecular weight excluding hydrogens is 379 g/mol.